The molecule has 0 saturated heterocycles. The number of carbonyl (C=O) groups is 1. The zero-order valence-corrected chi connectivity index (χ0v) is 18.2. The van der Waals surface area contributed by atoms with Gasteiger partial charge in [0.05, 0.1) is 17.1 Å². The summed E-state index contributed by atoms with van der Waals surface area (Å²) < 4.78 is 32.7. The second kappa shape index (κ2) is 10.7. The third-order valence-electron chi connectivity index (χ3n) is 4.59. The van der Waals surface area contributed by atoms with Gasteiger partial charge in [0.15, 0.2) is 0 Å². The van der Waals surface area contributed by atoms with E-state index >= 15 is 0 Å². The quantitative estimate of drug-likeness (QED) is 0.496. The van der Waals surface area contributed by atoms with Crippen molar-refractivity contribution >= 4 is 21.6 Å². The fourth-order valence-electron chi connectivity index (χ4n) is 2.94. The first-order chi connectivity index (χ1) is 15.0. The molecule has 3 aromatic carbocycles. The Morgan fingerprint density at radius 3 is 2.29 bits per heavy atom. The van der Waals surface area contributed by atoms with Gasteiger partial charge in [-0.25, -0.2) is 13.1 Å². The highest BCUT2D eigenvalue weighted by Crippen LogP contribution is 2.21. The van der Waals surface area contributed by atoms with Gasteiger partial charge in [-0.05, 0) is 48.4 Å². The van der Waals surface area contributed by atoms with E-state index in [1.54, 1.807) is 30.3 Å². The number of hydrogen-bond donors (Lipinski definition) is 2. The highest BCUT2D eigenvalue weighted by molar-refractivity contribution is 7.89. The number of amides is 1. The molecule has 0 unspecified atom stereocenters. The lowest BCUT2D eigenvalue weighted by atomic mass is 10.1. The monoisotopic (exact) mass is 438 g/mol. The zero-order valence-electron chi connectivity index (χ0n) is 17.4. The first kappa shape index (κ1) is 22.5. The molecule has 162 valence electrons. The van der Waals surface area contributed by atoms with Crippen molar-refractivity contribution < 1.29 is 17.9 Å². The van der Waals surface area contributed by atoms with Crippen LogP contribution in [0, 0.1) is 0 Å². The summed E-state index contributed by atoms with van der Waals surface area (Å²) in [5.41, 5.74) is 2.07. The summed E-state index contributed by atoms with van der Waals surface area (Å²) in [6, 6.07) is 23.1. The molecule has 0 aliphatic rings. The molecule has 3 rings (SSSR count). The van der Waals surface area contributed by atoms with Gasteiger partial charge in [-0.2, -0.15) is 0 Å². The lowest BCUT2D eigenvalue weighted by molar-refractivity contribution is 0.102. The molecule has 0 aliphatic carbocycles. The van der Waals surface area contributed by atoms with E-state index in [-0.39, 0.29) is 10.8 Å². The predicted molar refractivity (Wildman–Crippen MR) is 122 cm³/mol. The molecule has 0 atom stereocenters. The van der Waals surface area contributed by atoms with Gasteiger partial charge in [0.2, 0.25) is 10.0 Å². The Morgan fingerprint density at radius 2 is 1.58 bits per heavy atom. The third-order valence-corrected chi connectivity index (χ3v) is 6.06. The minimum atomic E-state index is -3.54. The molecule has 0 saturated carbocycles. The van der Waals surface area contributed by atoms with E-state index in [1.807, 2.05) is 43.3 Å². The minimum absolute atomic E-state index is 0.156. The number of hydrogen-bond acceptors (Lipinski definition) is 4. The summed E-state index contributed by atoms with van der Waals surface area (Å²) in [6.45, 7) is 2.72. The Labute approximate surface area is 183 Å². The first-order valence-electron chi connectivity index (χ1n) is 10.2. The van der Waals surface area contributed by atoms with Crippen molar-refractivity contribution in [3.05, 3.63) is 90.0 Å². The van der Waals surface area contributed by atoms with Crippen molar-refractivity contribution in [1.82, 2.24) is 4.72 Å². The normalized spacial score (nSPS) is 11.1. The van der Waals surface area contributed by atoms with Crippen molar-refractivity contribution in [2.24, 2.45) is 0 Å². The molecule has 3 aromatic rings. The average Bonchev–Trinajstić information content (AvgIpc) is 2.79. The van der Waals surface area contributed by atoms with Gasteiger partial charge in [-0.15, -0.1) is 0 Å². The van der Waals surface area contributed by atoms with E-state index in [2.05, 4.69) is 10.0 Å². The van der Waals surface area contributed by atoms with Gasteiger partial charge >= 0.3 is 0 Å². The molecule has 0 heterocycles. The molecule has 0 spiro atoms. The van der Waals surface area contributed by atoms with Crippen LogP contribution in [0.25, 0.3) is 0 Å². The highest BCUT2D eigenvalue weighted by atomic mass is 32.2. The fraction of sp³-hybridized carbons (Fsp3) is 0.208. The Kier molecular flexibility index (Phi) is 7.81. The number of sulfonamides is 1. The van der Waals surface area contributed by atoms with Crippen LogP contribution in [0.1, 0.15) is 29.3 Å². The predicted octanol–water partition coefficient (Wildman–Crippen LogP) is 4.25. The van der Waals surface area contributed by atoms with Crippen LogP contribution in [-0.2, 0) is 16.4 Å². The smallest absolute Gasteiger partial charge is 0.259 e. The van der Waals surface area contributed by atoms with Crippen LogP contribution >= 0.6 is 0 Å². The van der Waals surface area contributed by atoms with Crippen LogP contribution < -0.4 is 14.8 Å². The number of carbonyl (C=O) groups excluding carboxylic acids is 1. The molecule has 0 aliphatic heterocycles. The summed E-state index contributed by atoms with van der Waals surface area (Å²) in [5, 5.41) is 2.79. The zero-order chi connectivity index (χ0) is 22.1. The number of rotatable bonds is 10. The topological polar surface area (TPSA) is 84.5 Å². The van der Waals surface area contributed by atoms with Gasteiger partial charge < -0.3 is 10.1 Å². The van der Waals surface area contributed by atoms with Gasteiger partial charge in [0.1, 0.15) is 5.75 Å². The van der Waals surface area contributed by atoms with E-state index in [0.29, 0.717) is 36.6 Å². The number of nitrogens with one attached hydrogen (secondary N) is 2. The lowest BCUT2D eigenvalue weighted by Gasteiger charge is -2.12. The molecular formula is C24H26N2O4S. The number of para-hydroxylation sites is 1. The molecule has 7 heteroatoms. The second-order valence-corrected chi connectivity index (χ2v) is 8.72. The summed E-state index contributed by atoms with van der Waals surface area (Å²) in [4.78, 5) is 12.9. The summed E-state index contributed by atoms with van der Waals surface area (Å²) in [7, 11) is -3.54. The van der Waals surface area contributed by atoms with E-state index in [0.717, 1.165) is 12.0 Å². The van der Waals surface area contributed by atoms with Crippen LogP contribution in [0.5, 0.6) is 5.75 Å². The van der Waals surface area contributed by atoms with Gasteiger partial charge in [-0.3, -0.25) is 4.79 Å². The maximum Gasteiger partial charge on any atom is 0.259 e. The van der Waals surface area contributed by atoms with Crippen LogP contribution in [0.15, 0.2) is 83.8 Å². The highest BCUT2D eigenvalue weighted by Gasteiger charge is 2.15. The molecule has 0 radical (unpaired) electrons. The van der Waals surface area contributed by atoms with E-state index in [1.165, 1.54) is 12.1 Å². The summed E-state index contributed by atoms with van der Waals surface area (Å²) in [5.74, 6) is 0.175. The fourth-order valence-corrected chi connectivity index (χ4v) is 4.07. The number of anilines is 1. The van der Waals surface area contributed by atoms with Crippen molar-refractivity contribution in [1.29, 1.82) is 0 Å². The second-order valence-electron chi connectivity index (χ2n) is 6.96. The van der Waals surface area contributed by atoms with Gasteiger partial charge in [0, 0.05) is 18.7 Å². The standard InChI is InChI=1S/C24H26N2O4S/c1-2-17-25-31(28,29)21-14-12-20(13-15-21)26-24(27)22-10-6-7-11-23(22)30-18-16-19-8-4-3-5-9-19/h3-15,25H,2,16-18H2,1H3,(H,26,27). The van der Waals surface area contributed by atoms with Crippen LogP contribution in [0.4, 0.5) is 5.69 Å². The molecule has 1 amide bonds. The molecular weight excluding hydrogens is 412 g/mol. The summed E-state index contributed by atoms with van der Waals surface area (Å²) >= 11 is 0. The Bertz CT molecular complexity index is 1100. The molecule has 31 heavy (non-hydrogen) atoms. The maximum atomic E-state index is 12.8. The lowest BCUT2D eigenvalue weighted by Crippen LogP contribution is -2.24. The number of ether oxygens (including phenoxy) is 1. The Morgan fingerprint density at radius 1 is 0.903 bits per heavy atom. The van der Waals surface area contributed by atoms with Crippen LogP contribution in [-0.4, -0.2) is 27.5 Å². The van der Waals surface area contributed by atoms with Crippen molar-refractivity contribution in [3.63, 3.8) is 0 Å². The Hall–Kier alpha value is -3.16. The number of benzene rings is 3. The van der Waals surface area contributed by atoms with E-state index in [4.69, 9.17) is 4.74 Å². The summed E-state index contributed by atoms with van der Waals surface area (Å²) in [6.07, 6.45) is 1.44. The third kappa shape index (κ3) is 6.41. The largest absolute Gasteiger partial charge is 0.492 e. The average molecular weight is 439 g/mol. The molecule has 0 bridgehead atoms. The molecule has 0 aromatic heterocycles. The van der Waals surface area contributed by atoms with Crippen molar-refractivity contribution in [2.75, 3.05) is 18.5 Å². The maximum absolute atomic E-state index is 12.8. The van der Waals surface area contributed by atoms with Crippen LogP contribution in [0.3, 0.4) is 0 Å². The van der Waals surface area contributed by atoms with Crippen LogP contribution in [0.2, 0.25) is 0 Å². The van der Waals surface area contributed by atoms with Gasteiger partial charge in [-0.1, -0.05) is 49.4 Å². The molecule has 2 N–H and O–H groups in total. The van der Waals surface area contributed by atoms with Crippen molar-refractivity contribution in [3.8, 4) is 5.75 Å². The first-order valence-corrected chi connectivity index (χ1v) is 11.6. The SMILES string of the molecule is CCCNS(=O)(=O)c1ccc(NC(=O)c2ccccc2OCCc2ccccc2)cc1. The molecule has 6 nitrogen and oxygen atoms in total. The Balaban J connectivity index is 1.64. The van der Waals surface area contributed by atoms with Crippen molar-refractivity contribution in [2.45, 2.75) is 24.7 Å². The molecule has 0 fully saturated rings. The van der Waals surface area contributed by atoms with E-state index < -0.39 is 10.0 Å². The van der Waals surface area contributed by atoms with Gasteiger partial charge in [0.25, 0.3) is 5.91 Å². The minimum Gasteiger partial charge on any atom is -0.492 e. The van der Waals surface area contributed by atoms with E-state index in [9.17, 15) is 13.2 Å².